The lowest BCUT2D eigenvalue weighted by Gasteiger charge is -2.36. The molecule has 1 saturated carbocycles. The summed E-state index contributed by atoms with van der Waals surface area (Å²) in [5.74, 6) is -1.61. The van der Waals surface area contributed by atoms with Gasteiger partial charge in [-0.15, -0.1) is 0 Å². The Morgan fingerprint density at radius 1 is 1.16 bits per heavy atom. The quantitative estimate of drug-likeness (QED) is 0.765. The van der Waals surface area contributed by atoms with Gasteiger partial charge in [-0.05, 0) is 57.2 Å². The molecule has 1 N–H and O–H groups in total. The van der Waals surface area contributed by atoms with Crippen LogP contribution in [0.25, 0.3) is 0 Å². The SMILES string of the molecule is Cc1cc(F)c([C@H](NC(=O)[C@H]2C[C@H]3C[C@H]3N2C(=O)c2onc(C)c2C)C2COC2)cc1F. The van der Waals surface area contributed by atoms with E-state index in [0.29, 0.717) is 30.9 Å². The summed E-state index contributed by atoms with van der Waals surface area (Å²) in [6.07, 6.45) is 1.38. The van der Waals surface area contributed by atoms with Crippen molar-refractivity contribution in [1.29, 1.82) is 0 Å². The highest BCUT2D eigenvalue weighted by Gasteiger charge is 2.57. The first kappa shape index (κ1) is 21.1. The summed E-state index contributed by atoms with van der Waals surface area (Å²) in [5.41, 5.74) is 1.58. The van der Waals surface area contributed by atoms with Gasteiger partial charge in [-0.2, -0.15) is 0 Å². The van der Waals surface area contributed by atoms with Crippen LogP contribution in [0.4, 0.5) is 8.78 Å². The van der Waals surface area contributed by atoms with Crippen LogP contribution in [0.5, 0.6) is 0 Å². The van der Waals surface area contributed by atoms with Crippen LogP contribution < -0.4 is 5.32 Å². The fraction of sp³-hybridized carbons (Fsp3) is 0.522. The minimum Gasteiger partial charge on any atom is -0.381 e. The van der Waals surface area contributed by atoms with Crippen LogP contribution in [0.15, 0.2) is 16.7 Å². The second kappa shape index (κ2) is 7.65. The maximum Gasteiger partial charge on any atom is 0.293 e. The predicted octanol–water partition coefficient (Wildman–Crippen LogP) is 2.98. The largest absolute Gasteiger partial charge is 0.381 e. The topological polar surface area (TPSA) is 84.7 Å². The van der Waals surface area contributed by atoms with Crippen LogP contribution >= 0.6 is 0 Å². The summed E-state index contributed by atoms with van der Waals surface area (Å²) in [6.45, 7) is 5.69. The number of carbonyl (C=O) groups excluding carboxylic acids is 2. The molecular formula is C23H25F2N3O4. The molecule has 1 aromatic heterocycles. The van der Waals surface area contributed by atoms with Crippen LogP contribution in [0.3, 0.4) is 0 Å². The highest BCUT2D eigenvalue weighted by Crippen LogP contribution is 2.49. The summed E-state index contributed by atoms with van der Waals surface area (Å²) in [6, 6.07) is 0.831. The molecule has 2 amide bonds. The molecule has 2 aliphatic heterocycles. The van der Waals surface area contributed by atoms with Crippen LogP contribution in [0.2, 0.25) is 0 Å². The molecule has 3 aliphatic rings. The zero-order valence-corrected chi connectivity index (χ0v) is 18.2. The highest BCUT2D eigenvalue weighted by atomic mass is 19.1. The fourth-order valence-electron chi connectivity index (χ4n) is 4.76. The molecule has 0 radical (unpaired) electrons. The van der Waals surface area contributed by atoms with Crippen LogP contribution in [0, 0.1) is 44.2 Å². The zero-order valence-electron chi connectivity index (χ0n) is 18.2. The molecule has 0 unspecified atom stereocenters. The van der Waals surface area contributed by atoms with Gasteiger partial charge in [-0.1, -0.05) is 5.16 Å². The summed E-state index contributed by atoms with van der Waals surface area (Å²) in [7, 11) is 0. The number of aryl methyl sites for hydroxylation is 2. The van der Waals surface area contributed by atoms with Gasteiger partial charge in [0.05, 0.1) is 24.9 Å². The van der Waals surface area contributed by atoms with Gasteiger partial charge in [0.15, 0.2) is 0 Å². The third-order valence-electron chi connectivity index (χ3n) is 7.04. The third kappa shape index (κ3) is 3.39. The standard InChI is InChI=1S/C23H25F2N3O4/c1-10-4-17(25)15(7-16(10)24)20(14-8-31-9-14)26-22(29)19-6-13-5-18(13)28(19)23(30)21-11(2)12(3)27-32-21/h4,7,13-14,18-20H,5-6,8-9H2,1-3H3,(H,26,29)/t13-,18-,19-,20-/m1/s1. The summed E-state index contributed by atoms with van der Waals surface area (Å²) >= 11 is 0. The number of aromatic nitrogens is 1. The zero-order chi connectivity index (χ0) is 22.7. The molecule has 0 spiro atoms. The number of nitrogens with one attached hydrogen (secondary N) is 1. The number of hydrogen-bond donors (Lipinski definition) is 1. The molecule has 3 heterocycles. The van der Waals surface area contributed by atoms with Gasteiger partial charge in [0.25, 0.3) is 5.91 Å². The normalized spacial score (nSPS) is 25.3. The molecule has 5 rings (SSSR count). The Bertz CT molecular complexity index is 1100. The number of piperidine rings is 1. The average Bonchev–Trinajstić information content (AvgIpc) is 3.25. The number of carbonyl (C=O) groups is 2. The molecule has 4 atom stereocenters. The molecule has 0 bridgehead atoms. The second-order valence-corrected chi connectivity index (χ2v) is 9.16. The smallest absolute Gasteiger partial charge is 0.293 e. The van der Waals surface area contributed by atoms with Gasteiger partial charge in [-0.3, -0.25) is 9.59 Å². The van der Waals surface area contributed by atoms with Crippen LogP contribution in [-0.2, 0) is 9.53 Å². The summed E-state index contributed by atoms with van der Waals surface area (Å²) < 4.78 is 39.4. The minimum absolute atomic E-state index is 0.0119. The second-order valence-electron chi connectivity index (χ2n) is 9.16. The van der Waals surface area contributed by atoms with Crippen LogP contribution in [0.1, 0.15) is 51.8 Å². The van der Waals surface area contributed by atoms with E-state index in [1.165, 1.54) is 6.92 Å². The number of benzene rings is 1. The number of rotatable bonds is 5. The number of fused-ring (bicyclic) bond motifs is 1. The van der Waals surface area contributed by atoms with E-state index in [0.717, 1.165) is 18.6 Å². The van der Waals surface area contributed by atoms with Crippen molar-refractivity contribution >= 4 is 11.8 Å². The Balaban J connectivity index is 1.40. The Hall–Kier alpha value is -2.81. The van der Waals surface area contributed by atoms with E-state index < -0.39 is 23.7 Å². The van der Waals surface area contributed by atoms with E-state index in [2.05, 4.69) is 10.5 Å². The molecule has 170 valence electrons. The van der Waals surface area contributed by atoms with E-state index >= 15 is 0 Å². The Labute approximate surface area is 184 Å². The van der Waals surface area contributed by atoms with E-state index in [-0.39, 0.29) is 46.6 Å². The Kier molecular flexibility index (Phi) is 5.03. The van der Waals surface area contributed by atoms with Crippen molar-refractivity contribution in [3.8, 4) is 0 Å². The first-order chi connectivity index (χ1) is 15.3. The van der Waals surface area contributed by atoms with E-state index in [1.807, 2.05) is 0 Å². The number of hydrogen-bond acceptors (Lipinski definition) is 5. The molecule has 7 nitrogen and oxygen atoms in total. The minimum atomic E-state index is -0.741. The van der Waals surface area contributed by atoms with Crippen LogP contribution in [-0.4, -0.2) is 47.2 Å². The lowest BCUT2D eigenvalue weighted by molar-refractivity contribution is -0.128. The van der Waals surface area contributed by atoms with Crippen molar-refractivity contribution < 1.29 is 27.6 Å². The molecule has 1 aromatic carbocycles. The Morgan fingerprint density at radius 3 is 2.53 bits per heavy atom. The van der Waals surface area contributed by atoms with Gasteiger partial charge in [0.1, 0.15) is 17.7 Å². The molecule has 1 aliphatic carbocycles. The van der Waals surface area contributed by atoms with Gasteiger partial charge >= 0.3 is 0 Å². The van der Waals surface area contributed by atoms with Crippen molar-refractivity contribution in [1.82, 2.24) is 15.4 Å². The summed E-state index contributed by atoms with van der Waals surface area (Å²) in [4.78, 5) is 28.1. The Morgan fingerprint density at radius 2 is 1.91 bits per heavy atom. The number of nitrogens with zero attached hydrogens (tertiary/aromatic N) is 2. The molecular weight excluding hydrogens is 420 g/mol. The average molecular weight is 445 g/mol. The van der Waals surface area contributed by atoms with Gasteiger partial charge in [0, 0.05) is 23.1 Å². The number of likely N-dealkylation sites (tertiary alicyclic amines) is 1. The molecule has 2 saturated heterocycles. The van der Waals surface area contributed by atoms with Crippen molar-refractivity contribution in [3.63, 3.8) is 0 Å². The van der Waals surface area contributed by atoms with E-state index in [1.54, 1.807) is 18.7 Å². The fourth-order valence-corrected chi connectivity index (χ4v) is 4.76. The van der Waals surface area contributed by atoms with Crippen molar-refractivity contribution in [2.75, 3.05) is 13.2 Å². The lowest BCUT2D eigenvalue weighted by Crippen LogP contribution is -2.51. The lowest BCUT2D eigenvalue weighted by atomic mass is 9.90. The van der Waals surface area contributed by atoms with Gasteiger partial charge in [0.2, 0.25) is 11.7 Å². The maximum absolute atomic E-state index is 14.7. The van der Waals surface area contributed by atoms with E-state index in [4.69, 9.17) is 9.26 Å². The first-order valence-corrected chi connectivity index (χ1v) is 10.9. The molecule has 9 heteroatoms. The predicted molar refractivity (Wildman–Crippen MR) is 109 cm³/mol. The molecule has 32 heavy (non-hydrogen) atoms. The summed E-state index contributed by atoms with van der Waals surface area (Å²) in [5, 5.41) is 6.75. The molecule has 2 aromatic rings. The maximum atomic E-state index is 14.7. The number of halogens is 2. The molecule has 3 fully saturated rings. The third-order valence-corrected chi connectivity index (χ3v) is 7.04. The van der Waals surface area contributed by atoms with Gasteiger partial charge < -0.3 is 19.5 Å². The highest BCUT2D eigenvalue weighted by molar-refractivity contribution is 5.97. The van der Waals surface area contributed by atoms with E-state index in [9.17, 15) is 18.4 Å². The van der Waals surface area contributed by atoms with Crippen molar-refractivity contribution in [2.24, 2.45) is 11.8 Å². The number of amides is 2. The van der Waals surface area contributed by atoms with Gasteiger partial charge in [-0.25, -0.2) is 8.78 Å². The first-order valence-electron chi connectivity index (χ1n) is 10.9. The van der Waals surface area contributed by atoms with Crippen molar-refractivity contribution in [3.05, 3.63) is 51.9 Å². The van der Waals surface area contributed by atoms with Crippen molar-refractivity contribution in [2.45, 2.75) is 51.7 Å². The monoisotopic (exact) mass is 445 g/mol. The number of ether oxygens (including phenoxy) is 1.